The van der Waals surface area contributed by atoms with Crippen LogP contribution in [0.5, 0.6) is 0 Å². The van der Waals surface area contributed by atoms with Crippen molar-refractivity contribution >= 4 is 17.7 Å². The highest BCUT2D eigenvalue weighted by Crippen LogP contribution is 2.27. The highest BCUT2D eigenvalue weighted by atomic mass is 16.5. The van der Waals surface area contributed by atoms with E-state index < -0.39 is 0 Å². The molecule has 2 amide bonds. The number of hydrogen-bond donors (Lipinski definition) is 0. The Kier molecular flexibility index (Phi) is 3.26. The number of amides is 2. The average Bonchev–Trinajstić information content (AvgIpc) is 2.65. The number of hydrogen-bond acceptors (Lipinski definition) is 4. The average molecular weight is 272 g/mol. The van der Waals surface area contributed by atoms with Crippen molar-refractivity contribution in [1.29, 1.82) is 0 Å². The molecule has 0 saturated carbocycles. The van der Waals surface area contributed by atoms with Crippen LogP contribution in [0.15, 0.2) is 29.3 Å². The SMILES string of the molecule is COC1=NCCCC[C@@H]1N1C(=O)c2ccccc2C1=O. The summed E-state index contributed by atoms with van der Waals surface area (Å²) in [5.74, 6) is -0.0125. The van der Waals surface area contributed by atoms with Crippen LogP contribution >= 0.6 is 0 Å². The van der Waals surface area contributed by atoms with Crippen LogP contribution in [0.4, 0.5) is 0 Å². The smallest absolute Gasteiger partial charge is 0.262 e. The third kappa shape index (κ3) is 1.90. The Labute approximate surface area is 117 Å². The maximum absolute atomic E-state index is 12.5. The molecule has 1 aromatic rings. The van der Waals surface area contributed by atoms with E-state index in [1.807, 2.05) is 0 Å². The Balaban J connectivity index is 1.99. The first-order valence-electron chi connectivity index (χ1n) is 6.79. The summed E-state index contributed by atoms with van der Waals surface area (Å²) in [5, 5.41) is 0. The molecule has 20 heavy (non-hydrogen) atoms. The van der Waals surface area contributed by atoms with E-state index in [9.17, 15) is 9.59 Å². The summed E-state index contributed by atoms with van der Waals surface area (Å²) in [7, 11) is 1.54. The van der Waals surface area contributed by atoms with Crippen molar-refractivity contribution in [3.05, 3.63) is 35.4 Å². The van der Waals surface area contributed by atoms with Gasteiger partial charge in [0.05, 0.1) is 18.2 Å². The minimum absolute atomic E-state index is 0.248. The van der Waals surface area contributed by atoms with Gasteiger partial charge in [-0.05, 0) is 31.4 Å². The van der Waals surface area contributed by atoms with Crippen LogP contribution in [0, 0.1) is 0 Å². The van der Waals surface area contributed by atoms with E-state index in [-0.39, 0.29) is 17.9 Å². The topological polar surface area (TPSA) is 59.0 Å². The summed E-state index contributed by atoms with van der Waals surface area (Å²) in [6.45, 7) is 0.683. The fourth-order valence-electron chi connectivity index (χ4n) is 2.80. The zero-order valence-electron chi connectivity index (χ0n) is 11.3. The molecular formula is C15H16N2O3. The van der Waals surface area contributed by atoms with Gasteiger partial charge in [-0.25, -0.2) is 0 Å². The molecule has 0 unspecified atom stereocenters. The minimum atomic E-state index is -0.380. The van der Waals surface area contributed by atoms with Crippen LogP contribution in [0.1, 0.15) is 40.0 Å². The van der Waals surface area contributed by atoms with Gasteiger partial charge in [-0.1, -0.05) is 12.1 Å². The lowest BCUT2D eigenvalue weighted by Gasteiger charge is -2.25. The van der Waals surface area contributed by atoms with Gasteiger partial charge < -0.3 is 4.74 Å². The van der Waals surface area contributed by atoms with Crippen molar-refractivity contribution in [2.45, 2.75) is 25.3 Å². The molecule has 5 heteroatoms. The van der Waals surface area contributed by atoms with Gasteiger partial charge in [-0.2, -0.15) is 0 Å². The van der Waals surface area contributed by atoms with Gasteiger partial charge >= 0.3 is 0 Å². The lowest BCUT2D eigenvalue weighted by Crippen LogP contribution is -2.45. The Bertz CT molecular complexity index is 560. The first kappa shape index (κ1) is 12.8. The number of carbonyl (C=O) groups is 2. The van der Waals surface area contributed by atoms with Gasteiger partial charge in [0.15, 0.2) is 0 Å². The molecule has 0 aliphatic carbocycles. The highest BCUT2D eigenvalue weighted by molar-refractivity contribution is 6.22. The molecule has 0 N–H and O–H groups in total. The number of aliphatic imine (C=N–C) groups is 1. The zero-order chi connectivity index (χ0) is 14.1. The second-order valence-corrected chi connectivity index (χ2v) is 4.96. The van der Waals surface area contributed by atoms with Crippen molar-refractivity contribution in [1.82, 2.24) is 4.90 Å². The molecule has 5 nitrogen and oxygen atoms in total. The van der Waals surface area contributed by atoms with E-state index in [1.54, 1.807) is 24.3 Å². The van der Waals surface area contributed by atoms with Crippen LogP contribution in [0.3, 0.4) is 0 Å². The first-order valence-corrected chi connectivity index (χ1v) is 6.79. The molecule has 2 aliphatic rings. The Morgan fingerprint density at radius 1 is 1.15 bits per heavy atom. The molecule has 3 rings (SSSR count). The summed E-state index contributed by atoms with van der Waals surface area (Å²) in [6.07, 6.45) is 2.58. The van der Waals surface area contributed by atoms with Gasteiger partial charge in [0.25, 0.3) is 11.8 Å². The minimum Gasteiger partial charge on any atom is -0.483 e. The largest absolute Gasteiger partial charge is 0.483 e. The predicted molar refractivity (Wildman–Crippen MR) is 73.9 cm³/mol. The number of methoxy groups -OCH3 is 1. The number of rotatable bonds is 1. The molecule has 0 radical (unpaired) electrons. The van der Waals surface area contributed by atoms with Crippen LogP contribution in [-0.4, -0.2) is 42.3 Å². The second kappa shape index (κ2) is 5.07. The molecule has 0 fully saturated rings. The third-order valence-electron chi connectivity index (χ3n) is 3.78. The van der Waals surface area contributed by atoms with E-state index in [0.29, 0.717) is 30.0 Å². The number of benzene rings is 1. The number of carbonyl (C=O) groups excluding carboxylic acids is 2. The molecular weight excluding hydrogens is 256 g/mol. The monoisotopic (exact) mass is 272 g/mol. The molecule has 104 valence electrons. The molecule has 1 aromatic carbocycles. The molecule has 0 bridgehead atoms. The summed E-state index contributed by atoms with van der Waals surface area (Å²) in [4.78, 5) is 30.6. The summed E-state index contributed by atoms with van der Waals surface area (Å²) in [6, 6.07) is 6.54. The van der Waals surface area contributed by atoms with Crippen LogP contribution in [0.2, 0.25) is 0 Å². The van der Waals surface area contributed by atoms with Gasteiger partial charge in [-0.15, -0.1) is 0 Å². The van der Waals surface area contributed by atoms with E-state index >= 15 is 0 Å². The van der Waals surface area contributed by atoms with E-state index in [0.717, 1.165) is 12.8 Å². The summed E-state index contributed by atoms with van der Waals surface area (Å²) >= 11 is 0. The number of nitrogens with zero attached hydrogens (tertiary/aromatic N) is 2. The lowest BCUT2D eigenvalue weighted by atomic mass is 10.1. The van der Waals surface area contributed by atoms with E-state index in [4.69, 9.17) is 4.74 Å². The Hall–Kier alpha value is -2.17. The predicted octanol–water partition coefficient (Wildman–Crippen LogP) is 1.88. The maximum Gasteiger partial charge on any atom is 0.262 e. The van der Waals surface area contributed by atoms with Gasteiger partial charge in [0.1, 0.15) is 6.04 Å². The van der Waals surface area contributed by atoms with Crippen molar-refractivity contribution in [3.8, 4) is 0 Å². The summed E-state index contributed by atoms with van der Waals surface area (Å²) < 4.78 is 5.30. The Morgan fingerprint density at radius 2 is 1.80 bits per heavy atom. The normalized spacial score (nSPS) is 22.4. The summed E-state index contributed by atoms with van der Waals surface area (Å²) in [5.41, 5.74) is 0.939. The van der Waals surface area contributed by atoms with Crippen molar-refractivity contribution in [2.24, 2.45) is 4.99 Å². The molecule has 0 aromatic heterocycles. The number of fused-ring (bicyclic) bond motifs is 1. The van der Waals surface area contributed by atoms with Crippen molar-refractivity contribution in [2.75, 3.05) is 13.7 Å². The second-order valence-electron chi connectivity index (χ2n) is 4.96. The standard InChI is InChI=1S/C15H16N2O3/c1-20-13-12(8-4-5-9-16-13)17-14(18)10-6-2-3-7-11(10)15(17)19/h2-3,6-7,12H,4-5,8-9H2,1H3/t12-/m0/s1. The van der Waals surface area contributed by atoms with Gasteiger partial charge in [0.2, 0.25) is 5.90 Å². The van der Waals surface area contributed by atoms with E-state index in [2.05, 4.69) is 4.99 Å². The molecule has 0 spiro atoms. The fourth-order valence-corrected chi connectivity index (χ4v) is 2.80. The first-order chi connectivity index (χ1) is 9.74. The zero-order valence-corrected chi connectivity index (χ0v) is 11.3. The number of imide groups is 1. The lowest BCUT2D eigenvalue weighted by molar-refractivity contribution is 0.0606. The van der Waals surface area contributed by atoms with Gasteiger partial charge in [-0.3, -0.25) is 19.5 Å². The van der Waals surface area contributed by atoms with Crippen LogP contribution in [-0.2, 0) is 4.74 Å². The Morgan fingerprint density at radius 3 is 2.40 bits per heavy atom. The van der Waals surface area contributed by atoms with E-state index in [1.165, 1.54) is 12.0 Å². The quantitative estimate of drug-likeness (QED) is 0.733. The highest BCUT2D eigenvalue weighted by Gasteiger charge is 2.42. The number of ether oxygens (including phenoxy) is 1. The van der Waals surface area contributed by atoms with Crippen LogP contribution < -0.4 is 0 Å². The maximum atomic E-state index is 12.5. The van der Waals surface area contributed by atoms with Crippen molar-refractivity contribution in [3.63, 3.8) is 0 Å². The molecule has 2 heterocycles. The molecule has 1 atom stereocenters. The van der Waals surface area contributed by atoms with Gasteiger partial charge in [0, 0.05) is 6.54 Å². The van der Waals surface area contributed by atoms with Crippen LogP contribution in [0.25, 0.3) is 0 Å². The fraction of sp³-hybridized carbons (Fsp3) is 0.400. The molecule has 0 saturated heterocycles. The third-order valence-corrected chi connectivity index (χ3v) is 3.78. The van der Waals surface area contributed by atoms with Crippen molar-refractivity contribution < 1.29 is 14.3 Å². The molecule has 2 aliphatic heterocycles.